The largest absolute Gasteiger partial charge is 0.379 e. The third kappa shape index (κ3) is 2.65. The molecule has 1 aliphatic carbocycles. The van der Waals surface area contributed by atoms with E-state index in [0.717, 1.165) is 31.7 Å². The van der Waals surface area contributed by atoms with Crippen LogP contribution in [0, 0.1) is 0 Å². The second-order valence-corrected chi connectivity index (χ2v) is 5.85. The SMILES string of the molecule is CC(F)(CC1COCCN1)C1CCc2cccnc21. The van der Waals surface area contributed by atoms with Gasteiger partial charge in [0.2, 0.25) is 0 Å². The van der Waals surface area contributed by atoms with Gasteiger partial charge in [0.15, 0.2) is 0 Å². The number of pyridine rings is 1. The highest BCUT2D eigenvalue weighted by Crippen LogP contribution is 2.43. The lowest BCUT2D eigenvalue weighted by Crippen LogP contribution is -2.46. The Morgan fingerprint density at radius 1 is 1.58 bits per heavy atom. The van der Waals surface area contributed by atoms with Gasteiger partial charge >= 0.3 is 0 Å². The number of alkyl halides is 1. The van der Waals surface area contributed by atoms with Crippen molar-refractivity contribution in [1.29, 1.82) is 0 Å². The number of aryl methyl sites for hydroxylation is 1. The van der Waals surface area contributed by atoms with Gasteiger partial charge in [-0.1, -0.05) is 6.07 Å². The van der Waals surface area contributed by atoms with Crippen molar-refractivity contribution in [2.24, 2.45) is 0 Å². The maximum absolute atomic E-state index is 15.1. The minimum atomic E-state index is -1.22. The topological polar surface area (TPSA) is 34.1 Å². The van der Waals surface area contributed by atoms with Crippen molar-refractivity contribution in [3.8, 4) is 0 Å². The van der Waals surface area contributed by atoms with Crippen LogP contribution in [0.5, 0.6) is 0 Å². The molecule has 1 saturated heterocycles. The molecule has 4 heteroatoms. The van der Waals surface area contributed by atoms with Gasteiger partial charge < -0.3 is 10.1 Å². The van der Waals surface area contributed by atoms with Crippen molar-refractivity contribution in [2.45, 2.75) is 43.8 Å². The van der Waals surface area contributed by atoms with E-state index in [9.17, 15) is 0 Å². The van der Waals surface area contributed by atoms with Crippen LogP contribution < -0.4 is 5.32 Å². The monoisotopic (exact) mass is 264 g/mol. The van der Waals surface area contributed by atoms with Gasteiger partial charge in [-0.15, -0.1) is 0 Å². The fourth-order valence-electron chi connectivity index (χ4n) is 3.37. The summed E-state index contributed by atoms with van der Waals surface area (Å²) in [5.74, 6) is -0.0765. The third-order valence-corrected chi connectivity index (χ3v) is 4.33. The van der Waals surface area contributed by atoms with Gasteiger partial charge in [0.05, 0.1) is 13.2 Å². The van der Waals surface area contributed by atoms with Crippen LogP contribution >= 0.6 is 0 Å². The molecule has 0 spiro atoms. The summed E-state index contributed by atoms with van der Waals surface area (Å²) in [6.07, 6.45) is 4.08. The molecule has 0 aromatic carbocycles. The molecule has 1 aromatic heterocycles. The van der Waals surface area contributed by atoms with E-state index in [-0.39, 0.29) is 12.0 Å². The Bertz CT molecular complexity index is 444. The third-order valence-electron chi connectivity index (χ3n) is 4.33. The summed E-state index contributed by atoms with van der Waals surface area (Å²) in [5.41, 5.74) is 0.950. The predicted molar refractivity (Wildman–Crippen MR) is 72.0 cm³/mol. The Labute approximate surface area is 113 Å². The predicted octanol–water partition coefficient (Wildman–Crippen LogP) is 2.22. The fourth-order valence-corrected chi connectivity index (χ4v) is 3.37. The quantitative estimate of drug-likeness (QED) is 0.909. The van der Waals surface area contributed by atoms with Crippen LogP contribution in [0.1, 0.15) is 36.9 Å². The van der Waals surface area contributed by atoms with Crippen molar-refractivity contribution in [3.63, 3.8) is 0 Å². The van der Waals surface area contributed by atoms with E-state index < -0.39 is 5.67 Å². The molecule has 0 saturated carbocycles. The van der Waals surface area contributed by atoms with Crippen molar-refractivity contribution >= 4 is 0 Å². The second kappa shape index (κ2) is 5.17. The first kappa shape index (κ1) is 13.0. The van der Waals surface area contributed by atoms with E-state index >= 15 is 4.39 Å². The molecule has 0 radical (unpaired) electrons. The summed E-state index contributed by atoms with van der Waals surface area (Å²) in [4.78, 5) is 4.41. The van der Waals surface area contributed by atoms with Gasteiger partial charge in [-0.05, 0) is 37.8 Å². The van der Waals surface area contributed by atoms with Gasteiger partial charge in [-0.2, -0.15) is 0 Å². The van der Waals surface area contributed by atoms with Crippen LogP contribution in [0.25, 0.3) is 0 Å². The summed E-state index contributed by atoms with van der Waals surface area (Å²) < 4.78 is 20.5. The Morgan fingerprint density at radius 3 is 3.26 bits per heavy atom. The van der Waals surface area contributed by atoms with Gasteiger partial charge in [0, 0.05) is 30.4 Å². The van der Waals surface area contributed by atoms with Gasteiger partial charge in [-0.25, -0.2) is 4.39 Å². The number of hydrogen-bond acceptors (Lipinski definition) is 3. The minimum Gasteiger partial charge on any atom is -0.379 e. The Kier molecular flexibility index (Phi) is 3.54. The van der Waals surface area contributed by atoms with E-state index in [4.69, 9.17) is 4.74 Å². The smallest absolute Gasteiger partial charge is 0.118 e. The molecule has 3 nitrogen and oxygen atoms in total. The molecule has 3 rings (SSSR count). The molecule has 3 atom stereocenters. The molecule has 1 aromatic rings. The van der Waals surface area contributed by atoms with E-state index in [1.54, 1.807) is 13.1 Å². The zero-order valence-electron chi connectivity index (χ0n) is 11.4. The van der Waals surface area contributed by atoms with E-state index in [1.807, 2.05) is 6.07 Å². The van der Waals surface area contributed by atoms with E-state index in [2.05, 4.69) is 16.4 Å². The average Bonchev–Trinajstić information content (AvgIpc) is 2.84. The number of aromatic nitrogens is 1. The second-order valence-electron chi connectivity index (χ2n) is 5.85. The van der Waals surface area contributed by atoms with Crippen LogP contribution in [0.2, 0.25) is 0 Å². The first-order valence-electron chi connectivity index (χ1n) is 7.10. The maximum atomic E-state index is 15.1. The zero-order valence-corrected chi connectivity index (χ0v) is 11.4. The summed E-state index contributed by atoms with van der Waals surface area (Å²) >= 11 is 0. The van der Waals surface area contributed by atoms with Crippen molar-refractivity contribution in [3.05, 3.63) is 29.6 Å². The molecule has 1 aliphatic heterocycles. The normalized spacial score (nSPS) is 29.8. The lowest BCUT2D eigenvalue weighted by molar-refractivity contribution is 0.0391. The summed E-state index contributed by atoms with van der Waals surface area (Å²) in [6.45, 7) is 3.88. The molecule has 2 heterocycles. The number of hydrogen-bond donors (Lipinski definition) is 1. The summed E-state index contributed by atoms with van der Waals surface area (Å²) in [7, 11) is 0. The van der Waals surface area contributed by atoms with Crippen molar-refractivity contribution in [2.75, 3.05) is 19.8 Å². The lowest BCUT2D eigenvalue weighted by atomic mass is 9.83. The van der Waals surface area contributed by atoms with Crippen molar-refractivity contribution < 1.29 is 9.13 Å². The number of nitrogens with one attached hydrogen (secondary N) is 1. The molecular formula is C15H21FN2O. The van der Waals surface area contributed by atoms with Gasteiger partial charge in [-0.3, -0.25) is 4.98 Å². The first-order valence-corrected chi connectivity index (χ1v) is 7.10. The number of halogens is 1. The summed E-state index contributed by atoms with van der Waals surface area (Å²) in [6, 6.07) is 4.13. The standard InChI is InChI=1S/C15H21FN2O/c1-15(16,9-12-10-19-8-7-17-12)13-5-4-11-3-2-6-18-14(11)13/h2-3,6,12-13,17H,4-5,7-10H2,1H3. The highest BCUT2D eigenvalue weighted by molar-refractivity contribution is 5.31. The first-order chi connectivity index (χ1) is 9.17. The molecule has 3 unspecified atom stereocenters. The Hall–Kier alpha value is -1.00. The Morgan fingerprint density at radius 2 is 2.47 bits per heavy atom. The van der Waals surface area contributed by atoms with E-state index in [1.165, 1.54) is 5.56 Å². The minimum absolute atomic E-state index is 0.0765. The molecule has 0 amide bonds. The van der Waals surface area contributed by atoms with Gasteiger partial charge in [0.1, 0.15) is 5.67 Å². The molecule has 2 aliphatic rings. The zero-order chi connectivity index (χ0) is 13.3. The van der Waals surface area contributed by atoms with Crippen LogP contribution in [-0.2, 0) is 11.2 Å². The molecule has 0 bridgehead atoms. The van der Waals surface area contributed by atoms with Crippen LogP contribution in [0.3, 0.4) is 0 Å². The lowest BCUT2D eigenvalue weighted by Gasteiger charge is -2.33. The number of morpholine rings is 1. The molecule has 1 N–H and O–H groups in total. The van der Waals surface area contributed by atoms with Gasteiger partial charge in [0.25, 0.3) is 0 Å². The highest BCUT2D eigenvalue weighted by atomic mass is 19.1. The highest BCUT2D eigenvalue weighted by Gasteiger charge is 2.42. The number of fused-ring (bicyclic) bond motifs is 1. The number of rotatable bonds is 3. The summed E-state index contributed by atoms with van der Waals surface area (Å²) in [5, 5.41) is 3.34. The van der Waals surface area contributed by atoms with Crippen LogP contribution in [0.4, 0.5) is 4.39 Å². The maximum Gasteiger partial charge on any atom is 0.118 e. The van der Waals surface area contributed by atoms with Crippen molar-refractivity contribution in [1.82, 2.24) is 10.3 Å². The number of ether oxygens (including phenoxy) is 1. The van der Waals surface area contributed by atoms with Crippen LogP contribution in [0.15, 0.2) is 18.3 Å². The van der Waals surface area contributed by atoms with Crippen LogP contribution in [-0.4, -0.2) is 36.5 Å². The Balaban J connectivity index is 1.73. The number of nitrogens with zero attached hydrogens (tertiary/aromatic N) is 1. The molecule has 1 fully saturated rings. The molecular weight excluding hydrogens is 243 g/mol. The molecule has 104 valence electrons. The average molecular weight is 264 g/mol. The fraction of sp³-hybridized carbons (Fsp3) is 0.667. The van der Waals surface area contributed by atoms with E-state index in [0.29, 0.717) is 13.0 Å². The molecule has 19 heavy (non-hydrogen) atoms.